The molecule has 9 atom stereocenters. The number of carbonyl (C=O) groups excluding carboxylic acids is 1. The normalized spacial score (nSPS) is 35.0. The third-order valence-corrected chi connectivity index (χ3v) is 13.6. The maximum absolute atomic E-state index is 14.4. The molecule has 0 aromatic heterocycles. The van der Waals surface area contributed by atoms with Gasteiger partial charge in [0.1, 0.15) is 6.10 Å². The maximum Gasteiger partial charge on any atom is 0.339 e. The molecule has 0 bridgehead atoms. The monoisotopic (exact) mass is 606 g/mol. The first-order chi connectivity index (χ1) is 21.6. The Labute approximate surface area is 270 Å². The van der Waals surface area contributed by atoms with E-state index in [1.165, 1.54) is 50.5 Å². The summed E-state index contributed by atoms with van der Waals surface area (Å²) in [6.45, 7) is 12.3. The van der Waals surface area contributed by atoms with Crippen molar-refractivity contribution < 1.29 is 14.6 Å². The molecule has 3 aromatic rings. The number of fused-ring (bicyclic) bond motifs is 7. The van der Waals surface area contributed by atoms with Crippen LogP contribution in [0.5, 0.6) is 0 Å². The minimum Gasteiger partial charge on any atom is -0.458 e. The first-order valence-electron chi connectivity index (χ1n) is 18.1. The first-order valence-corrected chi connectivity index (χ1v) is 18.1. The Morgan fingerprint density at radius 2 is 1.62 bits per heavy atom. The molecular weight excluding hydrogens is 552 g/mol. The van der Waals surface area contributed by atoms with Gasteiger partial charge in [-0.25, -0.2) is 4.79 Å². The van der Waals surface area contributed by atoms with E-state index in [-0.39, 0.29) is 17.5 Å². The number of benzene rings is 3. The van der Waals surface area contributed by atoms with E-state index in [0.717, 1.165) is 51.6 Å². The van der Waals surface area contributed by atoms with Gasteiger partial charge in [-0.15, -0.1) is 0 Å². The van der Waals surface area contributed by atoms with Gasteiger partial charge in [0.05, 0.1) is 11.7 Å². The van der Waals surface area contributed by atoms with Crippen LogP contribution in [0.2, 0.25) is 0 Å². The molecular formula is C42H54O3. The van der Waals surface area contributed by atoms with Crippen LogP contribution in [0.3, 0.4) is 0 Å². The quantitative estimate of drug-likeness (QED) is 0.165. The first kappa shape index (κ1) is 31.0. The highest BCUT2D eigenvalue weighted by molar-refractivity contribution is 6.16. The summed E-state index contributed by atoms with van der Waals surface area (Å²) in [6, 6.07) is 18.5. The molecule has 0 amide bonds. The van der Waals surface area contributed by atoms with E-state index < -0.39 is 6.10 Å². The zero-order valence-corrected chi connectivity index (χ0v) is 28.2. The molecule has 4 aliphatic rings. The molecule has 0 radical (unpaired) electrons. The second kappa shape index (κ2) is 11.9. The number of aliphatic hydroxyl groups excluding tert-OH is 1. The highest BCUT2D eigenvalue weighted by atomic mass is 16.5. The minimum absolute atomic E-state index is 0.236. The van der Waals surface area contributed by atoms with Crippen molar-refractivity contribution in [2.75, 3.05) is 0 Å². The summed E-state index contributed by atoms with van der Waals surface area (Å²) in [4.78, 5) is 14.4. The molecule has 7 rings (SSSR count). The molecule has 1 N–H and O–H groups in total. The van der Waals surface area contributed by atoms with Gasteiger partial charge < -0.3 is 9.84 Å². The molecule has 1 unspecified atom stereocenters. The Balaban J connectivity index is 1.19. The van der Waals surface area contributed by atoms with E-state index in [4.69, 9.17) is 4.74 Å². The minimum atomic E-state index is -0.473. The Hall–Kier alpha value is -2.65. The smallest absolute Gasteiger partial charge is 0.339 e. The zero-order chi connectivity index (χ0) is 31.5. The van der Waals surface area contributed by atoms with E-state index in [2.05, 4.69) is 58.9 Å². The predicted molar refractivity (Wildman–Crippen MR) is 185 cm³/mol. The van der Waals surface area contributed by atoms with Crippen LogP contribution in [-0.4, -0.2) is 23.3 Å². The lowest BCUT2D eigenvalue weighted by Gasteiger charge is -2.60. The summed E-state index contributed by atoms with van der Waals surface area (Å²) < 4.78 is 6.71. The van der Waals surface area contributed by atoms with Gasteiger partial charge in [0.15, 0.2) is 0 Å². The molecule has 0 aliphatic heterocycles. The number of hydrogen-bond acceptors (Lipinski definition) is 3. The van der Waals surface area contributed by atoms with Crippen LogP contribution in [0.25, 0.3) is 21.5 Å². The fourth-order valence-electron chi connectivity index (χ4n) is 11.3. The summed E-state index contributed by atoms with van der Waals surface area (Å²) in [5, 5.41) is 15.1. The second-order valence-electron chi connectivity index (χ2n) is 16.3. The van der Waals surface area contributed by atoms with Crippen molar-refractivity contribution in [1.82, 2.24) is 0 Å². The number of allylic oxidation sites excluding steroid dienone is 1. The number of rotatable bonds is 7. The van der Waals surface area contributed by atoms with E-state index >= 15 is 0 Å². The number of ether oxygens (including phenoxy) is 1. The number of aliphatic hydroxyl groups is 1. The summed E-state index contributed by atoms with van der Waals surface area (Å²) in [5.74, 6) is 3.99. The van der Waals surface area contributed by atoms with Crippen LogP contribution >= 0.6 is 0 Å². The third-order valence-electron chi connectivity index (χ3n) is 13.6. The van der Waals surface area contributed by atoms with Crippen LogP contribution in [-0.2, 0) is 4.74 Å². The molecule has 4 aliphatic carbocycles. The third kappa shape index (κ3) is 5.16. The standard InChI is InChI=1S/C42H54O3/c1-26(2)11-10-12-27(3)35-19-20-36-34-18-17-30-24-31(43)25-38(42(30,5)37(34)21-22-41(35,36)4)45-40(44)39-32-15-8-6-13-28(32)23-29-14-7-9-16-33(29)39/h6-9,13-17,23,26-27,31,34-38,43H,10-12,18-22,24-25H2,1-5H3/t27-,31-,34+,35-,36+,37+,38?,41-,42+/m1/s1. The van der Waals surface area contributed by atoms with Crippen LogP contribution in [0.4, 0.5) is 0 Å². The number of esters is 1. The van der Waals surface area contributed by atoms with Crippen LogP contribution in [0.15, 0.2) is 66.2 Å². The topological polar surface area (TPSA) is 46.5 Å². The van der Waals surface area contributed by atoms with Gasteiger partial charge >= 0.3 is 5.97 Å². The van der Waals surface area contributed by atoms with Crippen molar-refractivity contribution >= 4 is 27.5 Å². The van der Waals surface area contributed by atoms with Crippen molar-refractivity contribution in [1.29, 1.82) is 0 Å². The van der Waals surface area contributed by atoms with Gasteiger partial charge in [0.2, 0.25) is 0 Å². The lowest BCUT2D eigenvalue weighted by molar-refractivity contribution is -0.112. The summed E-state index contributed by atoms with van der Waals surface area (Å²) in [5.41, 5.74) is 2.16. The van der Waals surface area contributed by atoms with Crippen molar-refractivity contribution in [3.63, 3.8) is 0 Å². The van der Waals surface area contributed by atoms with Gasteiger partial charge in [-0.2, -0.15) is 0 Å². The van der Waals surface area contributed by atoms with Crippen LogP contribution < -0.4 is 0 Å². The molecule has 3 heteroatoms. The molecule has 3 saturated carbocycles. The average Bonchev–Trinajstić information content (AvgIpc) is 3.37. The lowest BCUT2D eigenvalue weighted by Crippen LogP contribution is -2.56. The lowest BCUT2D eigenvalue weighted by atomic mass is 9.46. The van der Waals surface area contributed by atoms with Gasteiger partial charge in [0, 0.05) is 11.8 Å². The Morgan fingerprint density at radius 1 is 0.933 bits per heavy atom. The summed E-state index contributed by atoms with van der Waals surface area (Å²) in [6.07, 6.45) is 13.3. The number of hydrogen-bond donors (Lipinski definition) is 1. The van der Waals surface area contributed by atoms with E-state index in [0.29, 0.717) is 35.7 Å². The van der Waals surface area contributed by atoms with Crippen molar-refractivity contribution in [3.05, 3.63) is 71.8 Å². The van der Waals surface area contributed by atoms with Gasteiger partial charge in [-0.1, -0.05) is 114 Å². The zero-order valence-electron chi connectivity index (χ0n) is 28.2. The molecule has 0 saturated heterocycles. The average molecular weight is 607 g/mol. The fourth-order valence-corrected chi connectivity index (χ4v) is 11.3. The molecule has 240 valence electrons. The SMILES string of the molecule is CC(C)CCC[C@@H](C)[C@H]1CC[C@H]2[C@@H]3CC=C4C[C@@H](O)CC(OC(=O)c5c6ccccc6cc6ccccc56)[C@]4(C)[C@H]3CC[C@]12C. The Morgan fingerprint density at radius 3 is 2.31 bits per heavy atom. The second-order valence-corrected chi connectivity index (χ2v) is 16.3. The Kier molecular flexibility index (Phi) is 8.16. The van der Waals surface area contributed by atoms with Crippen molar-refractivity contribution in [2.45, 2.75) is 111 Å². The summed E-state index contributed by atoms with van der Waals surface area (Å²) in [7, 11) is 0. The molecule has 45 heavy (non-hydrogen) atoms. The molecule has 3 nitrogen and oxygen atoms in total. The van der Waals surface area contributed by atoms with Crippen molar-refractivity contribution in [3.8, 4) is 0 Å². The summed E-state index contributed by atoms with van der Waals surface area (Å²) >= 11 is 0. The molecule has 3 fully saturated rings. The van der Waals surface area contributed by atoms with Crippen molar-refractivity contribution in [2.24, 2.45) is 46.3 Å². The van der Waals surface area contributed by atoms with Gasteiger partial charge in [0.25, 0.3) is 0 Å². The van der Waals surface area contributed by atoms with Crippen LogP contribution in [0, 0.1) is 46.3 Å². The van der Waals surface area contributed by atoms with Gasteiger partial charge in [-0.3, -0.25) is 0 Å². The molecule has 0 spiro atoms. The highest BCUT2D eigenvalue weighted by Crippen LogP contribution is 2.67. The van der Waals surface area contributed by atoms with Crippen LogP contribution in [0.1, 0.15) is 109 Å². The fraction of sp³-hybridized carbons (Fsp3) is 0.595. The molecule has 3 aromatic carbocycles. The van der Waals surface area contributed by atoms with Gasteiger partial charge in [-0.05, 0) is 107 Å². The van der Waals surface area contributed by atoms with E-state index in [9.17, 15) is 9.90 Å². The predicted octanol–water partition coefficient (Wildman–Crippen LogP) is 10.5. The highest BCUT2D eigenvalue weighted by Gasteiger charge is 2.61. The largest absolute Gasteiger partial charge is 0.458 e. The maximum atomic E-state index is 14.4. The Bertz CT molecular complexity index is 1550. The van der Waals surface area contributed by atoms with E-state index in [1.54, 1.807) is 0 Å². The molecule has 0 heterocycles. The van der Waals surface area contributed by atoms with E-state index in [1.807, 2.05) is 36.4 Å². The number of carbonyl (C=O) groups is 1.